The number of nitro groups is 1. The van der Waals surface area contributed by atoms with E-state index in [2.05, 4.69) is 0 Å². The van der Waals surface area contributed by atoms with Crippen LogP contribution in [0.25, 0.3) is 0 Å². The largest absolute Gasteiger partial charge is 0.502 e. The van der Waals surface area contributed by atoms with Gasteiger partial charge in [0.15, 0.2) is 0 Å². The van der Waals surface area contributed by atoms with Crippen molar-refractivity contribution in [3.05, 3.63) is 33.9 Å². The summed E-state index contributed by atoms with van der Waals surface area (Å²) in [5, 5.41) is 27.8. The molecular weight excluding hydrogens is 192 g/mol. The third-order valence-electron chi connectivity index (χ3n) is 1.56. The summed E-state index contributed by atoms with van der Waals surface area (Å²) in [6.07, 6.45) is 0. The Hall–Kier alpha value is -2.15. The van der Waals surface area contributed by atoms with Crippen molar-refractivity contribution in [1.82, 2.24) is 5.48 Å². The van der Waals surface area contributed by atoms with Crippen LogP contribution in [-0.4, -0.2) is 21.1 Å². The molecule has 0 radical (unpaired) electrons. The summed E-state index contributed by atoms with van der Waals surface area (Å²) in [4.78, 5) is 20.4. The van der Waals surface area contributed by atoms with Crippen LogP contribution in [0.3, 0.4) is 0 Å². The molecule has 0 fully saturated rings. The Morgan fingerprint density at radius 3 is 2.64 bits per heavy atom. The number of nitro benzene ring substituents is 1. The molecule has 14 heavy (non-hydrogen) atoms. The average Bonchev–Trinajstić information content (AvgIpc) is 2.16. The van der Waals surface area contributed by atoms with Gasteiger partial charge in [0, 0.05) is 6.07 Å². The zero-order valence-corrected chi connectivity index (χ0v) is 6.80. The predicted octanol–water partition coefficient (Wildman–Crippen LogP) is 0.419. The molecule has 7 nitrogen and oxygen atoms in total. The van der Waals surface area contributed by atoms with Gasteiger partial charge < -0.3 is 5.11 Å². The lowest BCUT2D eigenvalue weighted by Gasteiger charge is -2.01. The Morgan fingerprint density at radius 1 is 1.50 bits per heavy atom. The smallest absolute Gasteiger partial charge is 0.311 e. The summed E-state index contributed by atoms with van der Waals surface area (Å²) in [5.41, 5.74) is 0.316. The molecule has 0 aliphatic heterocycles. The van der Waals surface area contributed by atoms with E-state index in [1.807, 2.05) is 0 Å². The molecular formula is C7H6N2O5. The second-order valence-electron chi connectivity index (χ2n) is 2.37. The second kappa shape index (κ2) is 3.71. The molecule has 0 aliphatic carbocycles. The van der Waals surface area contributed by atoms with Crippen molar-refractivity contribution >= 4 is 11.6 Å². The maximum Gasteiger partial charge on any atom is 0.311 e. The first kappa shape index (κ1) is 9.93. The summed E-state index contributed by atoms with van der Waals surface area (Å²) < 4.78 is 0. The minimum atomic E-state index is -1.01. The van der Waals surface area contributed by atoms with Crippen LogP contribution in [0.5, 0.6) is 5.75 Å². The number of hydroxylamine groups is 1. The normalized spacial score (nSPS) is 9.50. The summed E-state index contributed by atoms with van der Waals surface area (Å²) >= 11 is 0. The molecule has 1 aromatic rings. The zero-order valence-electron chi connectivity index (χ0n) is 6.80. The van der Waals surface area contributed by atoms with Gasteiger partial charge in [-0.05, 0) is 6.07 Å². The Balaban J connectivity index is 3.27. The number of phenols is 1. The van der Waals surface area contributed by atoms with Crippen LogP contribution in [0.15, 0.2) is 18.2 Å². The number of benzene rings is 1. The lowest BCUT2D eigenvalue weighted by Crippen LogP contribution is -2.18. The molecule has 0 aromatic heterocycles. The lowest BCUT2D eigenvalue weighted by atomic mass is 10.1. The first-order chi connectivity index (χ1) is 6.57. The molecule has 0 spiro atoms. The van der Waals surface area contributed by atoms with Gasteiger partial charge in [-0.1, -0.05) is 6.07 Å². The van der Waals surface area contributed by atoms with Gasteiger partial charge in [-0.25, -0.2) is 5.48 Å². The minimum Gasteiger partial charge on any atom is -0.502 e. The van der Waals surface area contributed by atoms with E-state index >= 15 is 0 Å². The molecule has 1 aromatic carbocycles. The molecule has 0 atom stereocenters. The molecule has 1 amide bonds. The highest BCUT2D eigenvalue weighted by atomic mass is 16.6. The van der Waals surface area contributed by atoms with Gasteiger partial charge in [-0.15, -0.1) is 0 Å². The average molecular weight is 198 g/mol. The Kier molecular flexibility index (Phi) is 2.63. The van der Waals surface area contributed by atoms with Crippen LogP contribution < -0.4 is 5.48 Å². The Bertz CT molecular complexity index is 390. The number of hydrogen-bond acceptors (Lipinski definition) is 5. The third-order valence-corrected chi connectivity index (χ3v) is 1.56. The van der Waals surface area contributed by atoms with E-state index in [4.69, 9.17) is 5.21 Å². The Labute approximate surface area is 77.7 Å². The van der Waals surface area contributed by atoms with Crippen molar-refractivity contribution in [2.45, 2.75) is 0 Å². The van der Waals surface area contributed by atoms with E-state index in [1.165, 1.54) is 11.5 Å². The van der Waals surface area contributed by atoms with E-state index in [-0.39, 0.29) is 5.56 Å². The van der Waals surface area contributed by atoms with Crippen LogP contribution in [0.4, 0.5) is 5.69 Å². The molecule has 0 saturated carbocycles. The van der Waals surface area contributed by atoms with E-state index in [0.717, 1.165) is 12.1 Å². The van der Waals surface area contributed by atoms with E-state index in [1.54, 1.807) is 0 Å². The van der Waals surface area contributed by atoms with Crippen molar-refractivity contribution in [3.8, 4) is 5.75 Å². The standard InChI is InChI=1S/C7H6N2O5/c10-6-4(7(11)8-12)2-1-3-5(6)9(13)14/h1-3,10,12H,(H,8,11). The number of amides is 1. The molecule has 0 heterocycles. The third kappa shape index (κ3) is 1.62. The fraction of sp³-hybridized carbons (Fsp3) is 0. The zero-order chi connectivity index (χ0) is 10.7. The Morgan fingerprint density at radius 2 is 2.14 bits per heavy atom. The second-order valence-corrected chi connectivity index (χ2v) is 2.37. The van der Waals surface area contributed by atoms with Gasteiger partial charge in [0.1, 0.15) is 0 Å². The van der Waals surface area contributed by atoms with Crippen molar-refractivity contribution in [2.75, 3.05) is 0 Å². The monoisotopic (exact) mass is 198 g/mol. The van der Waals surface area contributed by atoms with Crippen molar-refractivity contribution in [2.24, 2.45) is 0 Å². The van der Waals surface area contributed by atoms with Crippen LogP contribution in [0.2, 0.25) is 0 Å². The number of nitrogens with zero attached hydrogens (tertiary/aromatic N) is 1. The summed E-state index contributed by atoms with van der Waals surface area (Å²) in [6, 6.07) is 3.42. The summed E-state index contributed by atoms with van der Waals surface area (Å²) in [5.74, 6) is -1.78. The SMILES string of the molecule is O=C(NO)c1cccc([N+](=O)[O-])c1O. The van der Waals surface area contributed by atoms with Crippen LogP contribution in [0.1, 0.15) is 10.4 Å². The number of carbonyl (C=O) groups is 1. The van der Waals surface area contributed by atoms with Crippen LogP contribution in [-0.2, 0) is 0 Å². The fourth-order valence-corrected chi connectivity index (χ4v) is 0.922. The number of carbonyl (C=O) groups excluding carboxylic acids is 1. The first-order valence-corrected chi connectivity index (χ1v) is 3.48. The van der Waals surface area contributed by atoms with Gasteiger partial charge in [-0.3, -0.25) is 20.1 Å². The lowest BCUT2D eigenvalue weighted by molar-refractivity contribution is -0.385. The van der Waals surface area contributed by atoms with E-state index in [9.17, 15) is 20.0 Å². The van der Waals surface area contributed by atoms with Gasteiger partial charge in [0.25, 0.3) is 5.91 Å². The number of para-hydroxylation sites is 1. The first-order valence-electron chi connectivity index (χ1n) is 3.48. The highest BCUT2D eigenvalue weighted by molar-refractivity contribution is 5.97. The molecule has 7 heteroatoms. The van der Waals surface area contributed by atoms with Gasteiger partial charge in [0.2, 0.25) is 5.75 Å². The summed E-state index contributed by atoms with van der Waals surface area (Å²) in [7, 11) is 0. The maximum atomic E-state index is 10.9. The highest BCUT2D eigenvalue weighted by Gasteiger charge is 2.20. The van der Waals surface area contributed by atoms with Gasteiger partial charge >= 0.3 is 5.69 Å². The van der Waals surface area contributed by atoms with Crippen LogP contribution >= 0.6 is 0 Å². The summed E-state index contributed by atoms with van der Waals surface area (Å²) in [6.45, 7) is 0. The van der Waals surface area contributed by atoms with Crippen molar-refractivity contribution in [3.63, 3.8) is 0 Å². The number of hydrogen-bond donors (Lipinski definition) is 3. The molecule has 1 rings (SSSR count). The highest BCUT2D eigenvalue weighted by Crippen LogP contribution is 2.28. The fourth-order valence-electron chi connectivity index (χ4n) is 0.922. The van der Waals surface area contributed by atoms with Gasteiger partial charge in [0.05, 0.1) is 10.5 Å². The van der Waals surface area contributed by atoms with Crippen molar-refractivity contribution in [1.29, 1.82) is 0 Å². The van der Waals surface area contributed by atoms with E-state index < -0.39 is 22.3 Å². The maximum absolute atomic E-state index is 10.9. The molecule has 0 bridgehead atoms. The molecule has 0 aliphatic rings. The number of nitrogens with one attached hydrogen (secondary N) is 1. The predicted molar refractivity (Wildman–Crippen MR) is 44.0 cm³/mol. The molecule has 0 saturated heterocycles. The molecule has 74 valence electrons. The van der Waals surface area contributed by atoms with E-state index in [0.29, 0.717) is 0 Å². The topological polar surface area (TPSA) is 113 Å². The minimum absolute atomic E-state index is 0.360. The number of phenolic OH excluding ortho intramolecular Hbond substituents is 1. The van der Waals surface area contributed by atoms with Gasteiger partial charge in [-0.2, -0.15) is 0 Å². The molecule has 0 unspecified atom stereocenters. The quantitative estimate of drug-likeness (QED) is 0.362. The van der Waals surface area contributed by atoms with Crippen molar-refractivity contribution < 1.29 is 20.0 Å². The number of rotatable bonds is 2. The molecule has 3 N–H and O–H groups in total. The van der Waals surface area contributed by atoms with Crippen LogP contribution in [0, 0.1) is 10.1 Å². The number of aromatic hydroxyl groups is 1.